The van der Waals surface area contributed by atoms with Crippen LogP contribution in [-0.2, 0) is 65.4 Å². The zero-order chi connectivity index (χ0) is 76.2. The molecule has 0 amide bonds. The molecule has 0 rings (SSSR count). The van der Waals surface area contributed by atoms with Crippen molar-refractivity contribution in [2.75, 3.05) is 39.6 Å². The molecular formula is C85H162O17P2. The highest BCUT2D eigenvalue weighted by Gasteiger charge is 2.30. The Labute approximate surface area is 637 Å². The normalized spacial score (nSPS) is 13.9. The Morgan fingerprint density at radius 3 is 0.788 bits per heavy atom. The zero-order valence-electron chi connectivity index (χ0n) is 67.7. The van der Waals surface area contributed by atoms with E-state index in [1.807, 2.05) is 0 Å². The number of rotatable bonds is 83. The summed E-state index contributed by atoms with van der Waals surface area (Å²) in [5.74, 6) is -1.41. The van der Waals surface area contributed by atoms with Gasteiger partial charge in [0.2, 0.25) is 0 Å². The second kappa shape index (κ2) is 77.3. The first-order chi connectivity index (χ1) is 50.5. The number of ether oxygens (including phenoxy) is 4. The maximum absolute atomic E-state index is 13.1. The van der Waals surface area contributed by atoms with Crippen molar-refractivity contribution in [3.8, 4) is 0 Å². The molecule has 0 spiro atoms. The van der Waals surface area contributed by atoms with Crippen molar-refractivity contribution in [2.24, 2.45) is 5.92 Å². The summed E-state index contributed by atoms with van der Waals surface area (Å²) in [6.45, 7) is 7.25. The van der Waals surface area contributed by atoms with E-state index < -0.39 is 97.5 Å². The van der Waals surface area contributed by atoms with Gasteiger partial charge < -0.3 is 33.8 Å². The van der Waals surface area contributed by atoms with E-state index in [1.54, 1.807) is 0 Å². The smallest absolute Gasteiger partial charge is 0.462 e. The number of hydrogen-bond donors (Lipinski definition) is 3. The molecule has 0 saturated heterocycles. The van der Waals surface area contributed by atoms with Gasteiger partial charge >= 0.3 is 39.5 Å². The minimum atomic E-state index is -4.97. The van der Waals surface area contributed by atoms with Crippen molar-refractivity contribution in [1.82, 2.24) is 0 Å². The third-order valence-electron chi connectivity index (χ3n) is 19.4. The van der Waals surface area contributed by atoms with Crippen molar-refractivity contribution in [3.63, 3.8) is 0 Å². The zero-order valence-corrected chi connectivity index (χ0v) is 69.4. The number of carbonyl (C=O) groups is 4. The number of unbranched alkanes of at least 4 members (excludes halogenated alkanes) is 52. The van der Waals surface area contributed by atoms with Crippen molar-refractivity contribution in [3.05, 3.63) is 24.3 Å². The van der Waals surface area contributed by atoms with Crippen LogP contribution in [0.5, 0.6) is 0 Å². The van der Waals surface area contributed by atoms with Crippen LogP contribution in [0.25, 0.3) is 0 Å². The van der Waals surface area contributed by atoms with E-state index in [4.69, 9.17) is 37.0 Å². The van der Waals surface area contributed by atoms with Crippen molar-refractivity contribution in [1.29, 1.82) is 0 Å². The topological polar surface area (TPSA) is 237 Å². The summed E-state index contributed by atoms with van der Waals surface area (Å²) in [4.78, 5) is 73.1. The summed E-state index contributed by atoms with van der Waals surface area (Å²) >= 11 is 0. The van der Waals surface area contributed by atoms with Gasteiger partial charge in [0.1, 0.15) is 19.3 Å². The first-order valence-corrected chi connectivity index (χ1v) is 46.4. The molecule has 3 N–H and O–H groups in total. The Morgan fingerprint density at radius 1 is 0.298 bits per heavy atom. The highest BCUT2D eigenvalue weighted by atomic mass is 31.2. The largest absolute Gasteiger partial charge is 0.472 e. The molecule has 17 nitrogen and oxygen atoms in total. The lowest BCUT2D eigenvalue weighted by atomic mass is 10.0. The van der Waals surface area contributed by atoms with Gasteiger partial charge in [-0.15, -0.1) is 0 Å². The van der Waals surface area contributed by atoms with E-state index in [1.165, 1.54) is 244 Å². The van der Waals surface area contributed by atoms with Crippen LogP contribution in [0.2, 0.25) is 0 Å². The van der Waals surface area contributed by atoms with E-state index in [-0.39, 0.29) is 25.7 Å². The number of phosphoric ester groups is 2. The third-order valence-corrected chi connectivity index (χ3v) is 21.3. The van der Waals surface area contributed by atoms with Gasteiger partial charge in [-0.25, -0.2) is 9.13 Å². The summed E-state index contributed by atoms with van der Waals surface area (Å²) < 4.78 is 68.8. The lowest BCUT2D eigenvalue weighted by Crippen LogP contribution is -2.30. The maximum Gasteiger partial charge on any atom is 0.472 e. The van der Waals surface area contributed by atoms with E-state index in [2.05, 4.69) is 58.9 Å². The summed E-state index contributed by atoms with van der Waals surface area (Å²) in [5, 5.41) is 10.7. The molecule has 2 unspecified atom stereocenters. The average molecular weight is 1520 g/mol. The molecule has 0 aromatic carbocycles. The number of phosphoric acid groups is 2. The Kier molecular flexibility index (Phi) is 75.4. The highest BCUT2D eigenvalue weighted by Crippen LogP contribution is 2.45. The molecule has 0 aliphatic rings. The fourth-order valence-corrected chi connectivity index (χ4v) is 14.3. The third kappa shape index (κ3) is 77.7. The van der Waals surface area contributed by atoms with E-state index >= 15 is 0 Å². The quantitative estimate of drug-likeness (QED) is 0.0169. The number of carbonyl (C=O) groups excluding carboxylic acids is 4. The standard InChI is InChI=1S/C85H162O17P2/c1-6-9-12-15-18-21-24-27-30-32-33-34-35-36-37-40-43-46-49-56-61-66-71-84(89)101-80(74-95-82(87)68-63-58-53-47-44-41-39-31-28-25-22-19-16-13-10-7-2)76-99-103(91,92)97-72-79(86)73-98-104(93,94)100-77-81(75-96-83(88)69-64-59-54-51-50-52-57-62-67-78(4)5)102-85(90)70-65-60-55-48-45-42-38-29-26-23-20-17-14-11-8-3/h23,26,29,38,78-81,86H,6-22,24-25,27-28,30-37,39-77H2,1-5H3,(H,91,92)(H,93,94)/b26-23-,38-29-/t79-,80-,81-/m1/s1. The molecule has 0 radical (unpaired) electrons. The van der Waals surface area contributed by atoms with Crippen molar-refractivity contribution >= 4 is 39.5 Å². The van der Waals surface area contributed by atoms with Gasteiger partial charge in [0.05, 0.1) is 26.4 Å². The Morgan fingerprint density at radius 2 is 0.519 bits per heavy atom. The van der Waals surface area contributed by atoms with Crippen LogP contribution in [0.3, 0.4) is 0 Å². The SMILES string of the molecule is CCCCCC/C=C\C=C/CCCCCCCC(=O)O[C@H](COC(=O)CCCCCCCCCCC(C)C)COP(=O)(O)OC[C@H](O)COP(=O)(O)OC[C@@H](COC(=O)CCCCCCCCCCCCCCCCCC)OC(=O)CCCCCCCCCCCCCCCCCCCCCCCC. The van der Waals surface area contributed by atoms with Gasteiger partial charge in [0, 0.05) is 25.7 Å². The van der Waals surface area contributed by atoms with Crippen molar-refractivity contribution in [2.45, 2.75) is 451 Å². The van der Waals surface area contributed by atoms with Crippen LogP contribution in [0.4, 0.5) is 0 Å². The number of aliphatic hydroxyl groups is 1. The molecule has 0 saturated carbocycles. The fourth-order valence-electron chi connectivity index (χ4n) is 12.8. The predicted octanol–water partition coefficient (Wildman–Crippen LogP) is 25.5. The molecule has 0 aromatic heterocycles. The molecule has 0 fully saturated rings. The predicted molar refractivity (Wildman–Crippen MR) is 428 cm³/mol. The lowest BCUT2D eigenvalue weighted by molar-refractivity contribution is -0.161. The van der Waals surface area contributed by atoms with E-state index in [0.29, 0.717) is 25.7 Å². The lowest BCUT2D eigenvalue weighted by Gasteiger charge is -2.21. The fraction of sp³-hybridized carbons (Fsp3) is 0.906. The molecule has 5 atom stereocenters. The second-order valence-electron chi connectivity index (χ2n) is 30.4. The van der Waals surface area contributed by atoms with Crippen LogP contribution in [-0.4, -0.2) is 96.7 Å². The molecule has 0 aliphatic heterocycles. The molecule has 0 aromatic rings. The minimum Gasteiger partial charge on any atom is -0.462 e. The average Bonchev–Trinajstić information content (AvgIpc) is 0.911. The summed E-state index contributed by atoms with van der Waals surface area (Å²) in [6.07, 6.45) is 73.1. The minimum absolute atomic E-state index is 0.0850. The first-order valence-electron chi connectivity index (χ1n) is 43.5. The Bertz CT molecular complexity index is 2070. The number of aliphatic hydroxyl groups excluding tert-OH is 1. The van der Waals surface area contributed by atoms with Crippen molar-refractivity contribution < 1.29 is 80.2 Å². The van der Waals surface area contributed by atoms with Gasteiger partial charge in [-0.1, -0.05) is 380 Å². The van der Waals surface area contributed by atoms with Crippen LogP contribution >= 0.6 is 15.6 Å². The Hall–Kier alpha value is -2.46. The molecule has 104 heavy (non-hydrogen) atoms. The molecule has 614 valence electrons. The first kappa shape index (κ1) is 102. The molecular weight excluding hydrogens is 1350 g/mol. The molecule has 0 aliphatic carbocycles. The summed E-state index contributed by atoms with van der Waals surface area (Å²) in [6, 6.07) is 0. The monoisotopic (exact) mass is 1520 g/mol. The van der Waals surface area contributed by atoms with Crippen LogP contribution in [0.1, 0.15) is 433 Å². The summed E-state index contributed by atoms with van der Waals surface area (Å²) in [5.41, 5.74) is 0. The van der Waals surface area contributed by atoms with Gasteiger partial charge in [0.15, 0.2) is 12.2 Å². The van der Waals surface area contributed by atoms with Crippen LogP contribution in [0.15, 0.2) is 24.3 Å². The Balaban J connectivity index is 5.25. The van der Waals surface area contributed by atoms with E-state index in [9.17, 15) is 43.2 Å². The number of allylic oxidation sites excluding steroid dienone is 4. The maximum atomic E-state index is 13.1. The van der Waals surface area contributed by atoms with Gasteiger partial charge in [-0.05, 0) is 57.3 Å². The second-order valence-corrected chi connectivity index (χ2v) is 33.3. The van der Waals surface area contributed by atoms with Crippen LogP contribution in [0, 0.1) is 5.92 Å². The van der Waals surface area contributed by atoms with Crippen LogP contribution < -0.4 is 0 Å². The van der Waals surface area contributed by atoms with Gasteiger partial charge in [0.25, 0.3) is 0 Å². The number of esters is 4. The van der Waals surface area contributed by atoms with Gasteiger partial charge in [-0.2, -0.15) is 0 Å². The molecule has 0 bridgehead atoms. The summed E-state index contributed by atoms with van der Waals surface area (Å²) in [7, 11) is -9.94. The highest BCUT2D eigenvalue weighted by molar-refractivity contribution is 7.47. The molecule has 0 heterocycles. The molecule has 19 heteroatoms. The van der Waals surface area contributed by atoms with E-state index in [0.717, 1.165) is 109 Å². The number of hydrogen-bond acceptors (Lipinski definition) is 15. The van der Waals surface area contributed by atoms with Gasteiger partial charge in [-0.3, -0.25) is 37.3 Å².